The van der Waals surface area contributed by atoms with Crippen LogP contribution in [0.2, 0.25) is 0 Å². The lowest BCUT2D eigenvalue weighted by atomic mass is 9.65. The van der Waals surface area contributed by atoms with Crippen LogP contribution in [0.1, 0.15) is 58.9 Å². The maximum Gasteiger partial charge on any atom is 0.178 e. The standard InChI is InChI=1S/C19H30O2S.H4N2/c1-5-16-8-10-18(11-9-16)22(20,21)14-17-7-6-12-19(4,13-17)15(2)3;1-2/h8-11,15,17H,5-7,12-14H2,1-4H3;1-2H2/t17-,19-;/m1./s1. The Labute approximate surface area is 147 Å². The second-order valence-electron chi connectivity index (χ2n) is 7.55. The van der Waals surface area contributed by atoms with Crippen molar-refractivity contribution in [3.63, 3.8) is 0 Å². The summed E-state index contributed by atoms with van der Waals surface area (Å²) in [7, 11) is -3.16. The van der Waals surface area contributed by atoms with Crippen LogP contribution in [0.5, 0.6) is 0 Å². The normalized spacial score (nSPS) is 24.4. The predicted molar refractivity (Wildman–Crippen MR) is 101 cm³/mol. The Balaban J connectivity index is 0.00000139. The van der Waals surface area contributed by atoms with E-state index in [4.69, 9.17) is 0 Å². The van der Waals surface area contributed by atoms with Crippen molar-refractivity contribution in [2.45, 2.75) is 64.7 Å². The molecule has 4 nitrogen and oxygen atoms in total. The van der Waals surface area contributed by atoms with Crippen molar-refractivity contribution in [1.82, 2.24) is 0 Å². The van der Waals surface area contributed by atoms with E-state index < -0.39 is 9.84 Å². The topological polar surface area (TPSA) is 86.2 Å². The van der Waals surface area contributed by atoms with Gasteiger partial charge in [0.1, 0.15) is 0 Å². The minimum absolute atomic E-state index is 0.296. The lowest BCUT2D eigenvalue weighted by molar-refractivity contribution is 0.110. The van der Waals surface area contributed by atoms with Crippen LogP contribution in [0.3, 0.4) is 0 Å². The van der Waals surface area contributed by atoms with E-state index >= 15 is 0 Å². The van der Waals surface area contributed by atoms with E-state index in [2.05, 4.69) is 39.4 Å². The second-order valence-corrected chi connectivity index (χ2v) is 9.58. The summed E-state index contributed by atoms with van der Waals surface area (Å²) in [5, 5.41) is 0. The van der Waals surface area contributed by atoms with E-state index in [0.29, 0.717) is 27.9 Å². The SMILES string of the molecule is CCc1ccc(S(=O)(=O)C[C@@H]2CCC[C@@](C)(C(C)C)C2)cc1.NN. The zero-order chi connectivity index (χ0) is 18.4. The fourth-order valence-corrected chi connectivity index (χ4v) is 5.31. The molecule has 1 saturated carbocycles. The molecule has 0 amide bonds. The third-order valence-electron chi connectivity index (χ3n) is 5.65. The summed E-state index contributed by atoms with van der Waals surface area (Å²) in [6.45, 7) is 8.94. The quantitative estimate of drug-likeness (QED) is 0.623. The van der Waals surface area contributed by atoms with E-state index in [9.17, 15) is 8.42 Å². The van der Waals surface area contributed by atoms with Gasteiger partial charge in [-0.15, -0.1) is 0 Å². The van der Waals surface area contributed by atoms with E-state index in [1.54, 1.807) is 12.1 Å². The van der Waals surface area contributed by atoms with Crippen molar-refractivity contribution in [3.8, 4) is 0 Å². The summed E-state index contributed by atoms with van der Waals surface area (Å²) in [5.74, 6) is 9.22. The van der Waals surface area contributed by atoms with Crippen LogP contribution in [0.25, 0.3) is 0 Å². The van der Waals surface area contributed by atoms with Crippen LogP contribution in [-0.2, 0) is 16.3 Å². The molecule has 2 atom stereocenters. The number of benzene rings is 1. The van der Waals surface area contributed by atoms with Crippen LogP contribution >= 0.6 is 0 Å². The highest BCUT2D eigenvalue weighted by molar-refractivity contribution is 7.91. The van der Waals surface area contributed by atoms with E-state index in [-0.39, 0.29) is 0 Å². The molecule has 138 valence electrons. The van der Waals surface area contributed by atoms with Crippen molar-refractivity contribution >= 4 is 9.84 Å². The lowest BCUT2D eigenvalue weighted by Gasteiger charge is -2.41. The summed E-state index contributed by atoms with van der Waals surface area (Å²) in [5.41, 5.74) is 1.48. The number of aryl methyl sites for hydroxylation is 1. The molecule has 5 heteroatoms. The van der Waals surface area contributed by atoms with Gasteiger partial charge < -0.3 is 0 Å². The Morgan fingerprint density at radius 2 is 1.79 bits per heavy atom. The van der Waals surface area contributed by atoms with Crippen LogP contribution in [0, 0.1) is 17.3 Å². The maximum atomic E-state index is 12.7. The van der Waals surface area contributed by atoms with Crippen LogP contribution < -0.4 is 11.7 Å². The van der Waals surface area contributed by atoms with Crippen LogP contribution in [-0.4, -0.2) is 14.2 Å². The highest BCUT2D eigenvalue weighted by atomic mass is 32.2. The number of hydrazine groups is 1. The molecule has 0 heterocycles. The number of hydrogen-bond donors (Lipinski definition) is 2. The highest BCUT2D eigenvalue weighted by Gasteiger charge is 2.36. The number of rotatable bonds is 5. The summed E-state index contributed by atoms with van der Waals surface area (Å²) in [4.78, 5) is 0.488. The molecule has 0 bridgehead atoms. The first-order chi connectivity index (χ1) is 11.3. The summed E-state index contributed by atoms with van der Waals surface area (Å²) in [6.07, 6.45) is 5.41. The molecule has 1 fully saturated rings. The van der Waals surface area contributed by atoms with Gasteiger partial charge in [0, 0.05) is 0 Å². The molecule has 24 heavy (non-hydrogen) atoms. The monoisotopic (exact) mass is 354 g/mol. The fraction of sp³-hybridized carbons (Fsp3) is 0.684. The molecule has 0 aliphatic heterocycles. The number of sulfone groups is 1. The fourth-order valence-electron chi connectivity index (χ4n) is 3.66. The first kappa shape index (κ1) is 21.1. The molecule has 1 aliphatic carbocycles. The van der Waals surface area contributed by atoms with E-state index in [1.165, 1.54) is 12.0 Å². The molecule has 0 aromatic heterocycles. The molecular weight excluding hydrogens is 320 g/mol. The Hall–Kier alpha value is -0.910. The van der Waals surface area contributed by atoms with Gasteiger partial charge in [0.2, 0.25) is 0 Å². The van der Waals surface area contributed by atoms with Gasteiger partial charge in [-0.1, -0.05) is 46.2 Å². The average Bonchev–Trinajstić information content (AvgIpc) is 2.56. The van der Waals surface area contributed by atoms with Gasteiger partial charge in [-0.25, -0.2) is 8.42 Å². The predicted octanol–water partition coefficient (Wildman–Crippen LogP) is 3.69. The molecule has 0 spiro atoms. The van der Waals surface area contributed by atoms with Gasteiger partial charge >= 0.3 is 0 Å². The van der Waals surface area contributed by atoms with Crippen molar-refractivity contribution in [1.29, 1.82) is 0 Å². The second kappa shape index (κ2) is 8.97. The summed E-state index contributed by atoms with van der Waals surface area (Å²) < 4.78 is 25.4. The summed E-state index contributed by atoms with van der Waals surface area (Å²) >= 11 is 0. The Bertz CT molecular complexity index is 596. The molecule has 0 unspecified atom stereocenters. The Morgan fingerprint density at radius 3 is 2.29 bits per heavy atom. The molecule has 0 radical (unpaired) electrons. The van der Waals surface area contributed by atoms with Crippen molar-refractivity contribution < 1.29 is 8.42 Å². The zero-order valence-corrected chi connectivity index (χ0v) is 16.4. The molecule has 1 aromatic rings. The molecule has 4 N–H and O–H groups in total. The number of nitrogens with two attached hydrogens (primary N) is 2. The zero-order valence-electron chi connectivity index (χ0n) is 15.6. The molecule has 0 saturated heterocycles. The van der Waals surface area contributed by atoms with Crippen LogP contribution in [0.15, 0.2) is 29.2 Å². The third-order valence-corrected chi connectivity index (χ3v) is 7.56. The Kier molecular flexibility index (Phi) is 7.90. The minimum Gasteiger partial charge on any atom is -0.274 e. The van der Waals surface area contributed by atoms with Crippen molar-refractivity contribution in [3.05, 3.63) is 29.8 Å². The molecule has 2 rings (SSSR count). The first-order valence-electron chi connectivity index (χ1n) is 8.92. The van der Waals surface area contributed by atoms with Crippen molar-refractivity contribution in [2.75, 3.05) is 5.75 Å². The lowest BCUT2D eigenvalue weighted by Crippen LogP contribution is -2.33. The van der Waals surface area contributed by atoms with Gasteiger partial charge in [0.25, 0.3) is 0 Å². The minimum atomic E-state index is -3.16. The maximum absolute atomic E-state index is 12.7. The van der Waals surface area contributed by atoms with E-state index in [0.717, 1.165) is 25.7 Å². The largest absolute Gasteiger partial charge is 0.274 e. The Morgan fingerprint density at radius 1 is 1.21 bits per heavy atom. The van der Waals surface area contributed by atoms with Crippen molar-refractivity contribution in [2.24, 2.45) is 28.9 Å². The molecule has 1 aromatic carbocycles. The third kappa shape index (κ3) is 5.30. The molecule has 1 aliphatic rings. The van der Waals surface area contributed by atoms with Gasteiger partial charge in [-0.3, -0.25) is 11.7 Å². The first-order valence-corrected chi connectivity index (χ1v) is 10.6. The number of hydrogen-bond acceptors (Lipinski definition) is 4. The van der Waals surface area contributed by atoms with Gasteiger partial charge in [0.05, 0.1) is 10.6 Å². The van der Waals surface area contributed by atoms with Gasteiger partial charge in [0.15, 0.2) is 9.84 Å². The van der Waals surface area contributed by atoms with Gasteiger partial charge in [-0.05, 0) is 60.6 Å². The average molecular weight is 355 g/mol. The summed E-state index contributed by atoms with van der Waals surface area (Å²) in [6, 6.07) is 7.43. The van der Waals surface area contributed by atoms with Crippen LogP contribution in [0.4, 0.5) is 0 Å². The molecular formula is C19H34N2O2S. The smallest absolute Gasteiger partial charge is 0.178 e. The van der Waals surface area contributed by atoms with Gasteiger partial charge in [-0.2, -0.15) is 0 Å². The van der Waals surface area contributed by atoms with E-state index in [1.807, 2.05) is 12.1 Å². The highest BCUT2D eigenvalue weighted by Crippen LogP contribution is 2.45.